The molecule has 3 aromatic rings. The van der Waals surface area contributed by atoms with Crippen LogP contribution >= 0.6 is 11.6 Å². The molecular formula is C31H28ClN5O7S. The van der Waals surface area contributed by atoms with Crippen molar-refractivity contribution in [1.82, 2.24) is 9.31 Å². The molecule has 3 atom stereocenters. The zero-order valence-corrected chi connectivity index (χ0v) is 25.4. The van der Waals surface area contributed by atoms with Crippen molar-refractivity contribution >= 4 is 50.7 Å². The largest absolute Gasteiger partial charge is 0.271 e. The van der Waals surface area contributed by atoms with E-state index in [2.05, 4.69) is 0 Å². The van der Waals surface area contributed by atoms with Crippen LogP contribution < -0.4 is 0 Å². The Morgan fingerprint density at radius 2 is 1.51 bits per heavy atom. The molecule has 0 aromatic heterocycles. The number of nitro benzene ring substituents is 2. The fourth-order valence-corrected chi connectivity index (χ4v) is 8.15. The second kappa shape index (κ2) is 12.1. The first kappa shape index (κ1) is 30.6. The van der Waals surface area contributed by atoms with E-state index in [1.54, 1.807) is 24.3 Å². The summed E-state index contributed by atoms with van der Waals surface area (Å²) >= 11 is 5.98. The maximum absolute atomic E-state index is 14.4. The van der Waals surface area contributed by atoms with Gasteiger partial charge < -0.3 is 0 Å². The maximum Gasteiger partial charge on any atom is 0.269 e. The minimum atomic E-state index is -4.02. The summed E-state index contributed by atoms with van der Waals surface area (Å²) < 4.78 is 28.5. The Hall–Kier alpha value is -4.46. The zero-order valence-electron chi connectivity index (χ0n) is 23.9. The van der Waals surface area contributed by atoms with Gasteiger partial charge >= 0.3 is 0 Å². The SMILES string of the molecule is O=C([C@@H]1CCCN1S(=O)(=O)c1ccc(Cl)cc1)N1N=C2/C(=C/c3ccc([N+](=O)[O-])cc3)CCC[C@@H]2[C@H]1c1ccc([N+](=O)[O-])cc1. The molecule has 0 unspecified atom stereocenters. The summed E-state index contributed by atoms with van der Waals surface area (Å²) in [6.07, 6.45) is 4.86. The summed E-state index contributed by atoms with van der Waals surface area (Å²) in [4.78, 5) is 35.9. The van der Waals surface area contributed by atoms with Crippen molar-refractivity contribution in [3.05, 3.63) is 115 Å². The first-order chi connectivity index (χ1) is 21.5. The molecule has 6 rings (SSSR count). The first-order valence-electron chi connectivity index (χ1n) is 14.4. The molecular weight excluding hydrogens is 622 g/mol. The smallest absolute Gasteiger partial charge is 0.269 e. The number of halogens is 1. The Balaban J connectivity index is 1.38. The van der Waals surface area contributed by atoms with E-state index in [4.69, 9.17) is 16.7 Å². The zero-order chi connectivity index (χ0) is 31.9. The van der Waals surface area contributed by atoms with Crippen LogP contribution in [0.5, 0.6) is 0 Å². The van der Waals surface area contributed by atoms with Crippen LogP contribution in [0.3, 0.4) is 0 Å². The van der Waals surface area contributed by atoms with E-state index in [-0.39, 0.29) is 28.7 Å². The lowest BCUT2D eigenvalue weighted by Crippen LogP contribution is -2.46. The normalized spacial score (nSPS) is 22.7. The molecule has 1 aliphatic carbocycles. The molecule has 3 aliphatic rings. The van der Waals surface area contributed by atoms with Crippen molar-refractivity contribution in [2.45, 2.75) is 49.1 Å². The van der Waals surface area contributed by atoms with Crippen molar-refractivity contribution in [2.24, 2.45) is 11.0 Å². The van der Waals surface area contributed by atoms with Crippen molar-refractivity contribution in [2.75, 3.05) is 6.54 Å². The second-order valence-electron chi connectivity index (χ2n) is 11.2. The molecule has 0 radical (unpaired) electrons. The van der Waals surface area contributed by atoms with Crippen LogP contribution in [0.4, 0.5) is 11.4 Å². The molecule has 1 saturated heterocycles. The Bertz CT molecular complexity index is 1830. The van der Waals surface area contributed by atoms with Gasteiger partial charge in [0.1, 0.15) is 6.04 Å². The van der Waals surface area contributed by atoms with Gasteiger partial charge in [-0.3, -0.25) is 25.0 Å². The van der Waals surface area contributed by atoms with E-state index in [1.807, 2.05) is 6.08 Å². The topological polar surface area (TPSA) is 156 Å². The Kier molecular flexibility index (Phi) is 8.25. The molecule has 232 valence electrons. The minimum Gasteiger partial charge on any atom is -0.271 e. The van der Waals surface area contributed by atoms with Gasteiger partial charge in [-0.2, -0.15) is 9.41 Å². The van der Waals surface area contributed by atoms with Crippen LogP contribution in [-0.2, 0) is 14.8 Å². The Morgan fingerprint density at radius 3 is 2.13 bits per heavy atom. The molecule has 12 nitrogen and oxygen atoms in total. The summed E-state index contributed by atoms with van der Waals surface area (Å²) in [5.74, 6) is -0.707. The number of nitrogens with zero attached hydrogens (tertiary/aromatic N) is 5. The molecule has 0 N–H and O–H groups in total. The van der Waals surface area contributed by atoms with E-state index in [9.17, 15) is 33.4 Å². The predicted molar refractivity (Wildman–Crippen MR) is 167 cm³/mol. The highest BCUT2D eigenvalue weighted by molar-refractivity contribution is 7.89. The van der Waals surface area contributed by atoms with Crippen LogP contribution in [0.2, 0.25) is 5.02 Å². The Morgan fingerprint density at radius 1 is 0.889 bits per heavy atom. The molecule has 45 heavy (non-hydrogen) atoms. The minimum absolute atomic E-state index is 0.0263. The van der Waals surface area contributed by atoms with Crippen LogP contribution in [0.1, 0.15) is 49.3 Å². The number of allylic oxidation sites excluding steroid dienone is 1. The standard InChI is InChI=1S/C31H28ClN5O7S/c32-23-10-16-26(17-11-23)45(43,44)34-18-2-5-28(34)31(38)35-30(21-8-14-25(15-9-21)37(41)42)27-4-1-3-22(29(27)33-35)19-20-6-12-24(13-7-20)36(39)40/h6-17,19,27-28,30H,1-5,18H2/b22-19+/t27-,28-,30+/m0/s1. The summed E-state index contributed by atoms with van der Waals surface area (Å²) in [6, 6.07) is 16.4. The third-order valence-electron chi connectivity index (χ3n) is 8.53. The van der Waals surface area contributed by atoms with Gasteiger partial charge in [-0.15, -0.1) is 0 Å². The van der Waals surface area contributed by atoms with Gasteiger partial charge in [-0.1, -0.05) is 23.7 Å². The maximum atomic E-state index is 14.4. The number of carbonyl (C=O) groups is 1. The Labute approximate surface area is 263 Å². The highest BCUT2D eigenvalue weighted by Gasteiger charge is 2.48. The highest BCUT2D eigenvalue weighted by Crippen LogP contribution is 2.45. The van der Waals surface area contributed by atoms with Crippen molar-refractivity contribution in [1.29, 1.82) is 0 Å². The van der Waals surface area contributed by atoms with Crippen LogP contribution in [0.25, 0.3) is 6.08 Å². The lowest BCUT2D eigenvalue weighted by Gasteiger charge is -2.32. The lowest BCUT2D eigenvalue weighted by molar-refractivity contribution is -0.385. The van der Waals surface area contributed by atoms with Gasteiger partial charge in [0.05, 0.1) is 26.5 Å². The number of carbonyl (C=O) groups excluding carboxylic acids is 1. The summed E-state index contributed by atoms with van der Waals surface area (Å²) in [5, 5.41) is 29.1. The monoisotopic (exact) mass is 649 g/mol. The molecule has 1 amide bonds. The number of benzene rings is 3. The number of non-ortho nitro benzene ring substituents is 2. The van der Waals surface area contributed by atoms with E-state index in [0.29, 0.717) is 42.0 Å². The fourth-order valence-electron chi connectivity index (χ4n) is 6.37. The number of hydrogen-bond donors (Lipinski definition) is 0. The molecule has 14 heteroatoms. The van der Waals surface area contributed by atoms with Gasteiger partial charge in [0.25, 0.3) is 17.3 Å². The van der Waals surface area contributed by atoms with E-state index >= 15 is 0 Å². The van der Waals surface area contributed by atoms with Gasteiger partial charge in [0.15, 0.2) is 0 Å². The number of hydrazone groups is 1. The molecule has 2 aliphatic heterocycles. The number of amides is 1. The van der Waals surface area contributed by atoms with Gasteiger partial charge in [0.2, 0.25) is 10.0 Å². The van der Waals surface area contributed by atoms with Crippen molar-refractivity contribution in [3.63, 3.8) is 0 Å². The lowest BCUT2D eigenvalue weighted by atomic mass is 9.77. The summed E-state index contributed by atoms with van der Waals surface area (Å²) in [7, 11) is -4.02. The van der Waals surface area contributed by atoms with Crippen LogP contribution in [0.15, 0.2) is 88.4 Å². The van der Waals surface area contributed by atoms with Gasteiger partial charge in [-0.05, 0) is 91.3 Å². The summed E-state index contributed by atoms with van der Waals surface area (Å²) in [5.41, 5.74) is 2.84. The summed E-state index contributed by atoms with van der Waals surface area (Å²) in [6.45, 7) is 0.169. The third kappa shape index (κ3) is 5.86. The molecule has 2 heterocycles. The fraction of sp³-hybridized carbons (Fsp3) is 0.290. The average molecular weight is 650 g/mol. The molecule has 3 aromatic carbocycles. The number of hydrogen-bond acceptors (Lipinski definition) is 8. The average Bonchev–Trinajstić information content (AvgIpc) is 3.68. The van der Waals surface area contributed by atoms with Gasteiger partial charge in [-0.25, -0.2) is 13.4 Å². The molecule has 0 bridgehead atoms. The van der Waals surface area contributed by atoms with Crippen LogP contribution in [-0.4, -0.2) is 51.8 Å². The van der Waals surface area contributed by atoms with E-state index in [1.165, 1.54) is 57.8 Å². The van der Waals surface area contributed by atoms with E-state index < -0.39 is 37.9 Å². The highest BCUT2D eigenvalue weighted by atomic mass is 35.5. The number of nitro groups is 2. The van der Waals surface area contributed by atoms with Gasteiger partial charge in [0, 0.05) is 41.8 Å². The van der Waals surface area contributed by atoms with Crippen molar-refractivity contribution < 1.29 is 23.1 Å². The number of fused-ring (bicyclic) bond motifs is 1. The quantitative estimate of drug-likeness (QED) is 0.220. The number of rotatable bonds is 7. The van der Waals surface area contributed by atoms with Crippen molar-refractivity contribution in [3.8, 4) is 0 Å². The first-order valence-corrected chi connectivity index (χ1v) is 16.2. The van der Waals surface area contributed by atoms with Crippen LogP contribution in [0, 0.1) is 26.1 Å². The molecule has 0 spiro atoms. The number of sulfonamides is 1. The van der Waals surface area contributed by atoms with E-state index in [0.717, 1.165) is 17.6 Å². The third-order valence-corrected chi connectivity index (χ3v) is 10.7. The second-order valence-corrected chi connectivity index (χ2v) is 13.5. The predicted octanol–water partition coefficient (Wildman–Crippen LogP) is 6.13. The molecule has 1 saturated carbocycles. The molecule has 2 fully saturated rings.